The van der Waals surface area contributed by atoms with Gasteiger partial charge in [0.1, 0.15) is 0 Å². The lowest BCUT2D eigenvalue weighted by atomic mass is 10.0. The van der Waals surface area contributed by atoms with Crippen LogP contribution in [-0.4, -0.2) is 8.42 Å². The van der Waals surface area contributed by atoms with Crippen molar-refractivity contribution in [1.82, 2.24) is 0 Å². The predicted octanol–water partition coefficient (Wildman–Crippen LogP) is 5.25. The standard InChI is InChI=1S/C15H20Cl2O2S/c1-5-14(10(2)3)11(4)20(18,19)9-12-6-7-13(16)8-15(12)17/h6-8,10H,5,9H2,1-4H3. The molecule has 0 bridgehead atoms. The molecule has 0 fully saturated rings. The van der Waals surface area contributed by atoms with Gasteiger partial charge in [0.25, 0.3) is 0 Å². The van der Waals surface area contributed by atoms with Crippen molar-refractivity contribution in [3.05, 3.63) is 44.3 Å². The molecule has 112 valence electrons. The summed E-state index contributed by atoms with van der Waals surface area (Å²) in [4.78, 5) is 0.459. The molecule has 1 rings (SSSR count). The Morgan fingerprint density at radius 2 is 1.85 bits per heavy atom. The van der Waals surface area contributed by atoms with Crippen LogP contribution in [0.4, 0.5) is 0 Å². The molecule has 0 heterocycles. The lowest BCUT2D eigenvalue weighted by Crippen LogP contribution is -2.10. The van der Waals surface area contributed by atoms with E-state index in [1.165, 1.54) is 0 Å². The molecule has 0 saturated heterocycles. The number of hydrogen-bond acceptors (Lipinski definition) is 2. The smallest absolute Gasteiger partial charge is 0.178 e. The van der Waals surface area contributed by atoms with Gasteiger partial charge in [0.05, 0.1) is 5.75 Å². The van der Waals surface area contributed by atoms with Crippen LogP contribution in [0.1, 0.15) is 39.7 Å². The van der Waals surface area contributed by atoms with Crippen LogP contribution in [0.2, 0.25) is 10.0 Å². The molecule has 0 aliphatic rings. The zero-order valence-corrected chi connectivity index (χ0v) is 14.5. The highest BCUT2D eigenvalue weighted by atomic mass is 35.5. The molecule has 0 radical (unpaired) electrons. The van der Waals surface area contributed by atoms with Gasteiger partial charge in [0.2, 0.25) is 0 Å². The monoisotopic (exact) mass is 334 g/mol. The van der Waals surface area contributed by atoms with Crippen molar-refractivity contribution in [2.24, 2.45) is 5.92 Å². The maximum atomic E-state index is 12.5. The van der Waals surface area contributed by atoms with Gasteiger partial charge in [-0.3, -0.25) is 0 Å². The second-order valence-corrected chi connectivity index (χ2v) is 8.06. The van der Waals surface area contributed by atoms with Crippen molar-refractivity contribution in [3.8, 4) is 0 Å². The van der Waals surface area contributed by atoms with E-state index in [1.807, 2.05) is 20.8 Å². The minimum absolute atomic E-state index is 0.0922. The molecule has 1 aromatic rings. The fourth-order valence-electron chi connectivity index (χ4n) is 2.22. The SMILES string of the molecule is CCC(=C(C)S(=O)(=O)Cc1ccc(Cl)cc1Cl)C(C)C. The van der Waals surface area contributed by atoms with E-state index < -0.39 is 9.84 Å². The second kappa shape index (κ2) is 6.97. The zero-order valence-electron chi connectivity index (χ0n) is 12.2. The number of allylic oxidation sites excluding steroid dienone is 2. The number of rotatable bonds is 5. The first-order chi connectivity index (χ1) is 9.19. The fourth-order valence-corrected chi connectivity index (χ4v) is 4.43. The summed E-state index contributed by atoms with van der Waals surface area (Å²) in [5.74, 6) is 0.126. The Hall–Kier alpha value is -0.510. The van der Waals surface area contributed by atoms with E-state index in [9.17, 15) is 8.42 Å². The summed E-state index contributed by atoms with van der Waals surface area (Å²) in [6.45, 7) is 7.67. The third-order valence-electron chi connectivity index (χ3n) is 3.36. The predicted molar refractivity (Wildman–Crippen MR) is 86.9 cm³/mol. The molecule has 0 N–H and O–H groups in total. The first-order valence-corrected chi connectivity index (χ1v) is 8.96. The molecule has 0 unspecified atom stereocenters. The van der Waals surface area contributed by atoms with Gasteiger partial charge in [0.15, 0.2) is 9.84 Å². The van der Waals surface area contributed by atoms with Gasteiger partial charge in [-0.1, -0.05) is 55.6 Å². The van der Waals surface area contributed by atoms with E-state index in [2.05, 4.69) is 0 Å². The molecule has 20 heavy (non-hydrogen) atoms. The molecule has 0 spiro atoms. The third-order valence-corrected chi connectivity index (χ3v) is 5.83. The average Bonchev–Trinajstić information content (AvgIpc) is 2.33. The minimum Gasteiger partial charge on any atom is -0.224 e. The summed E-state index contributed by atoms with van der Waals surface area (Å²) < 4.78 is 25.0. The van der Waals surface area contributed by atoms with Crippen LogP contribution in [0.5, 0.6) is 0 Å². The highest BCUT2D eigenvalue weighted by molar-refractivity contribution is 7.94. The Balaban J connectivity index is 3.18. The zero-order chi connectivity index (χ0) is 15.5. The van der Waals surface area contributed by atoms with Crippen LogP contribution in [0.15, 0.2) is 28.7 Å². The Kier molecular flexibility index (Phi) is 6.11. The van der Waals surface area contributed by atoms with Gasteiger partial charge < -0.3 is 0 Å². The molecule has 2 nitrogen and oxygen atoms in total. The van der Waals surface area contributed by atoms with Crippen LogP contribution in [-0.2, 0) is 15.6 Å². The molecular formula is C15H20Cl2O2S. The van der Waals surface area contributed by atoms with Crippen molar-refractivity contribution in [3.63, 3.8) is 0 Å². The molecule has 0 aliphatic heterocycles. The maximum Gasteiger partial charge on any atom is 0.178 e. The topological polar surface area (TPSA) is 34.1 Å². The maximum absolute atomic E-state index is 12.5. The van der Waals surface area contributed by atoms with Crippen LogP contribution < -0.4 is 0 Å². The van der Waals surface area contributed by atoms with Crippen molar-refractivity contribution >= 4 is 33.0 Å². The number of sulfone groups is 1. The van der Waals surface area contributed by atoms with E-state index in [4.69, 9.17) is 23.2 Å². The van der Waals surface area contributed by atoms with Crippen LogP contribution in [0.3, 0.4) is 0 Å². The minimum atomic E-state index is -3.35. The molecule has 0 saturated carbocycles. The number of halogens is 2. The van der Waals surface area contributed by atoms with Crippen LogP contribution in [0, 0.1) is 5.92 Å². The normalized spacial score (nSPS) is 13.6. The largest absolute Gasteiger partial charge is 0.224 e. The average molecular weight is 335 g/mol. The third kappa shape index (κ3) is 4.24. The van der Waals surface area contributed by atoms with Crippen molar-refractivity contribution in [2.75, 3.05) is 0 Å². The summed E-state index contributed by atoms with van der Waals surface area (Å²) >= 11 is 11.9. The Bertz CT molecular complexity index is 617. The molecule has 0 amide bonds. The highest BCUT2D eigenvalue weighted by Gasteiger charge is 2.20. The number of benzene rings is 1. The second-order valence-electron chi connectivity index (χ2n) is 5.08. The van der Waals surface area contributed by atoms with Gasteiger partial charge in [-0.25, -0.2) is 8.42 Å². The molecule has 0 aromatic heterocycles. The highest BCUT2D eigenvalue weighted by Crippen LogP contribution is 2.28. The summed E-state index contributed by atoms with van der Waals surface area (Å²) in [6.07, 6.45) is 0.733. The number of hydrogen-bond donors (Lipinski definition) is 0. The van der Waals surface area contributed by atoms with Crippen LogP contribution in [0.25, 0.3) is 0 Å². The van der Waals surface area contributed by atoms with E-state index >= 15 is 0 Å². The van der Waals surface area contributed by atoms with Gasteiger partial charge in [-0.2, -0.15) is 0 Å². The van der Waals surface area contributed by atoms with Crippen molar-refractivity contribution < 1.29 is 8.42 Å². The Labute approximate surface area is 131 Å². The quantitative estimate of drug-likeness (QED) is 0.736. The summed E-state index contributed by atoms with van der Waals surface area (Å²) in [6, 6.07) is 4.88. The fraction of sp³-hybridized carbons (Fsp3) is 0.467. The van der Waals surface area contributed by atoms with Crippen LogP contribution >= 0.6 is 23.2 Å². The van der Waals surface area contributed by atoms with E-state index in [-0.39, 0.29) is 11.7 Å². The first kappa shape index (κ1) is 17.5. The van der Waals surface area contributed by atoms with Crippen molar-refractivity contribution in [1.29, 1.82) is 0 Å². The van der Waals surface area contributed by atoms with Crippen molar-refractivity contribution in [2.45, 2.75) is 39.9 Å². The van der Waals surface area contributed by atoms with E-state index in [1.54, 1.807) is 25.1 Å². The molecule has 0 atom stereocenters. The first-order valence-electron chi connectivity index (χ1n) is 6.55. The van der Waals surface area contributed by atoms with E-state index in [0.717, 1.165) is 12.0 Å². The van der Waals surface area contributed by atoms with Gasteiger partial charge in [-0.05, 0) is 37.0 Å². The van der Waals surface area contributed by atoms with Gasteiger partial charge in [-0.15, -0.1) is 0 Å². The molecular weight excluding hydrogens is 315 g/mol. The summed E-state index contributed by atoms with van der Waals surface area (Å²) in [7, 11) is -3.35. The van der Waals surface area contributed by atoms with Gasteiger partial charge in [0, 0.05) is 15.0 Å². The summed E-state index contributed by atoms with van der Waals surface area (Å²) in [5.41, 5.74) is 1.55. The van der Waals surface area contributed by atoms with Gasteiger partial charge >= 0.3 is 0 Å². The molecule has 5 heteroatoms. The Morgan fingerprint density at radius 3 is 2.30 bits per heavy atom. The Morgan fingerprint density at radius 1 is 1.25 bits per heavy atom. The lowest BCUT2D eigenvalue weighted by Gasteiger charge is -2.15. The summed E-state index contributed by atoms with van der Waals surface area (Å²) in [5, 5.41) is 0.885. The van der Waals surface area contributed by atoms with E-state index in [0.29, 0.717) is 20.5 Å². The lowest BCUT2D eigenvalue weighted by molar-refractivity contribution is 0.598. The molecule has 1 aromatic carbocycles. The molecule has 0 aliphatic carbocycles.